The Labute approximate surface area is 666 Å². The third-order valence-electron chi connectivity index (χ3n) is 20.1. The van der Waals surface area contributed by atoms with Gasteiger partial charge in [-0.15, -0.1) is 0 Å². The maximum atomic E-state index is 13.3. The van der Waals surface area contributed by atoms with Crippen molar-refractivity contribution in [1.29, 1.82) is 0 Å². The van der Waals surface area contributed by atoms with Crippen LogP contribution >= 0.6 is 16.3 Å². The zero-order valence-electron chi connectivity index (χ0n) is 70.6. The van der Waals surface area contributed by atoms with Gasteiger partial charge >= 0.3 is 28.3 Å². The topological polar surface area (TPSA) is 308 Å². The van der Waals surface area contributed by atoms with Gasteiger partial charge in [-0.1, -0.05) is 324 Å². The Morgan fingerprint density at radius 3 is 0.927 bits per heavy atom. The minimum absolute atomic E-state index is 0.0114. The van der Waals surface area contributed by atoms with Crippen LogP contribution in [0.4, 0.5) is 0 Å². The lowest BCUT2D eigenvalue weighted by Gasteiger charge is -2.23. The number of rotatable bonds is 87. The first-order valence-corrected chi connectivity index (χ1v) is 48.1. The summed E-state index contributed by atoms with van der Waals surface area (Å²) in [6, 6.07) is -1.45. The largest absolute Gasteiger partial charge is 0.570 e. The number of esters is 2. The molecule has 0 radical (unpaired) electrons. The highest BCUT2D eigenvalue weighted by atomic mass is 31.2. The van der Waals surface area contributed by atoms with Crippen molar-refractivity contribution in [2.75, 3.05) is 65.9 Å². The van der Waals surface area contributed by atoms with Crippen molar-refractivity contribution in [3.8, 4) is 0 Å². The number of nitrogens with one attached hydrogen (secondary N) is 4. The normalized spacial score (nSPS) is 13.3. The summed E-state index contributed by atoms with van der Waals surface area (Å²) in [5.74, 6) is -1.98. The standard InChI is InChI=1S/C85H168N4O18P2/c1-7-13-19-25-29-33-35-39-41-47-53-59-80(90)88-76(72-100-67-63-78(57-51-45-23-17-11-5)106-84(94)61-55-49-43-37-31-27-21-15-9-3)74-104-108(96,97)102-69-65-86-82(92)71-83(93)87-66-70-103-109(98,99)105-75-77(89-81(91)60-54-48-42-40-36-34-30-26-20-14-8-2)73-101-68-64-79(58-52-46-24-18-12-6)107-85(95)62-56-50-44-38-32-28-22-16-10-4/h76-80,88,90,96-99H,7-75H2,1-6H3,(H-2,86,87,89,91,92,93)/p+2/t76-,77?,78+,79+,80?/m0/s1. The lowest BCUT2D eigenvalue weighted by molar-refractivity contribution is -0.151. The molecule has 0 spiro atoms. The molecule has 0 saturated carbocycles. The summed E-state index contributed by atoms with van der Waals surface area (Å²) in [6.45, 7) is 12.0. The van der Waals surface area contributed by atoms with Crippen LogP contribution in [0.15, 0.2) is 0 Å². The number of amides is 3. The van der Waals surface area contributed by atoms with E-state index in [9.17, 15) is 48.7 Å². The molecular weight excluding hydrogens is 1430 g/mol. The monoisotopic (exact) mass is 1600 g/mol. The van der Waals surface area contributed by atoms with Crippen molar-refractivity contribution in [3.63, 3.8) is 0 Å². The van der Waals surface area contributed by atoms with Crippen LogP contribution in [-0.4, -0.2) is 151 Å². The van der Waals surface area contributed by atoms with Crippen molar-refractivity contribution in [3.05, 3.63) is 0 Å². The van der Waals surface area contributed by atoms with Crippen molar-refractivity contribution in [1.82, 2.24) is 21.3 Å². The molecule has 0 aliphatic heterocycles. The Morgan fingerprint density at radius 1 is 0.303 bits per heavy atom. The molecule has 646 valence electrons. The fourth-order valence-corrected chi connectivity index (χ4v) is 14.9. The Hall–Kier alpha value is -2.27. The van der Waals surface area contributed by atoms with E-state index in [4.69, 9.17) is 37.0 Å². The van der Waals surface area contributed by atoms with Gasteiger partial charge in [-0.2, -0.15) is 37.7 Å². The van der Waals surface area contributed by atoms with Crippen LogP contribution in [0.25, 0.3) is 0 Å². The molecule has 3 amide bonds. The molecule has 2 unspecified atom stereocenters. The summed E-state index contributed by atoms with van der Waals surface area (Å²) in [5.41, 5.74) is 0. The highest BCUT2D eigenvalue weighted by molar-refractivity contribution is 7.54. The maximum absolute atomic E-state index is 13.3. The molecule has 0 heterocycles. The second-order valence-electron chi connectivity index (χ2n) is 30.9. The van der Waals surface area contributed by atoms with Crippen molar-refractivity contribution >= 4 is 46.0 Å². The summed E-state index contributed by atoms with van der Waals surface area (Å²) in [7, 11) is -8.92. The molecule has 9 N–H and O–H groups in total. The van der Waals surface area contributed by atoms with Gasteiger partial charge in [0, 0.05) is 45.2 Å². The highest BCUT2D eigenvalue weighted by Crippen LogP contribution is 2.53. The second-order valence-corrected chi connectivity index (χ2v) is 33.9. The van der Waals surface area contributed by atoms with E-state index in [0.29, 0.717) is 38.5 Å². The van der Waals surface area contributed by atoms with Crippen LogP contribution in [0.2, 0.25) is 0 Å². The molecular formula is C85H170N4O18P2+2. The van der Waals surface area contributed by atoms with Gasteiger partial charge in [-0.25, -0.2) is 0 Å². The summed E-state index contributed by atoms with van der Waals surface area (Å²) in [6.07, 6.45) is 59.2. The first-order chi connectivity index (χ1) is 52.9. The van der Waals surface area contributed by atoms with E-state index < -0.39 is 52.9 Å². The summed E-state index contributed by atoms with van der Waals surface area (Å²) >= 11 is 0. The van der Waals surface area contributed by atoms with Crippen molar-refractivity contribution < 1.29 is 85.7 Å². The molecule has 0 aromatic heterocycles. The quantitative estimate of drug-likeness (QED) is 0.00898. The number of carbonyl (C=O) groups excluding carboxylic acids is 5. The Kier molecular flexibility index (Phi) is 77.9. The van der Waals surface area contributed by atoms with E-state index in [1.165, 1.54) is 167 Å². The van der Waals surface area contributed by atoms with Crippen LogP contribution in [-0.2, 0) is 61.0 Å². The van der Waals surface area contributed by atoms with E-state index in [2.05, 4.69) is 62.8 Å². The van der Waals surface area contributed by atoms with Crippen molar-refractivity contribution in [2.24, 2.45) is 0 Å². The second kappa shape index (κ2) is 79.6. The molecule has 5 atom stereocenters. The fourth-order valence-electron chi connectivity index (χ4n) is 13.3. The number of hydrogen-bond acceptors (Lipinski definition) is 19. The van der Waals surface area contributed by atoms with Crippen molar-refractivity contribution in [2.45, 2.75) is 451 Å². The number of hydrogen-bond donors (Lipinski definition) is 9. The SMILES string of the molecule is CCCCCCCCCCCCCC(=O)NC(COCC[C@@H](CCCCCCC)OC(=O)CCCCCCCCCCC)CO[P+](O)(O)OCCNC(=O)CC(=O)NCCO[P+](O)(O)OC[C@H](COCC[C@@H](CCCCCCC)OC(=O)CCCCCCCCCCC)NC(O)CCCCCCCCCCCCC. The zero-order valence-corrected chi connectivity index (χ0v) is 72.4. The molecule has 24 heteroatoms. The number of unbranched alkanes of at least 4 members (excludes halogenated alkanes) is 44. The molecule has 22 nitrogen and oxygen atoms in total. The molecule has 0 aliphatic carbocycles. The van der Waals surface area contributed by atoms with Crippen LogP contribution < -0.4 is 21.3 Å². The number of aliphatic hydroxyl groups is 1. The maximum Gasteiger partial charge on any atom is 0.570 e. The Bertz CT molecular complexity index is 2040. The predicted molar refractivity (Wildman–Crippen MR) is 445 cm³/mol. The van der Waals surface area contributed by atoms with Crippen LogP contribution in [0.1, 0.15) is 420 Å². The average molecular weight is 1600 g/mol. The van der Waals surface area contributed by atoms with Gasteiger partial charge in [0.25, 0.3) is 0 Å². The first-order valence-electron chi connectivity index (χ1n) is 45.0. The van der Waals surface area contributed by atoms with E-state index in [-0.39, 0.29) is 102 Å². The molecule has 109 heavy (non-hydrogen) atoms. The predicted octanol–water partition coefficient (Wildman–Crippen LogP) is 20.4. The number of carbonyl (C=O) groups is 5. The zero-order chi connectivity index (χ0) is 80.0. The average Bonchev–Trinajstić information content (AvgIpc) is 0.927. The van der Waals surface area contributed by atoms with Crippen LogP contribution in [0, 0.1) is 0 Å². The van der Waals surface area contributed by atoms with Gasteiger partial charge in [0.05, 0.1) is 38.5 Å². The minimum atomic E-state index is -4.47. The summed E-state index contributed by atoms with van der Waals surface area (Å²) in [5, 5.41) is 22.2. The molecule has 0 aromatic rings. The molecule has 0 fully saturated rings. The van der Waals surface area contributed by atoms with Gasteiger partial charge in [0.15, 0.2) is 0 Å². The third-order valence-corrected chi connectivity index (χ3v) is 22.1. The van der Waals surface area contributed by atoms with E-state index >= 15 is 0 Å². The Morgan fingerprint density at radius 2 is 0.587 bits per heavy atom. The molecule has 0 aliphatic rings. The van der Waals surface area contributed by atoms with E-state index in [1.54, 1.807) is 0 Å². The fraction of sp³-hybridized carbons (Fsp3) is 0.941. The smallest absolute Gasteiger partial charge is 0.462 e. The highest BCUT2D eigenvalue weighted by Gasteiger charge is 2.42. The van der Waals surface area contributed by atoms with Gasteiger partial charge in [0.2, 0.25) is 17.7 Å². The third kappa shape index (κ3) is 76.8. The minimum Gasteiger partial charge on any atom is -0.462 e. The molecule has 0 rings (SSSR count). The first kappa shape index (κ1) is 107. The van der Waals surface area contributed by atoms with E-state index in [1.807, 2.05) is 0 Å². The van der Waals surface area contributed by atoms with Gasteiger partial charge < -0.3 is 40.0 Å². The number of aliphatic hydroxyl groups excluding tert-OH is 1. The molecule has 0 bridgehead atoms. The van der Waals surface area contributed by atoms with E-state index in [0.717, 1.165) is 161 Å². The molecule has 0 aromatic carbocycles. The number of ether oxygens (including phenoxy) is 4. The van der Waals surface area contributed by atoms with Gasteiger partial charge in [-0.3, -0.25) is 29.3 Å². The summed E-state index contributed by atoms with van der Waals surface area (Å²) in [4.78, 5) is 108. The van der Waals surface area contributed by atoms with Gasteiger partial charge in [0.1, 0.15) is 51.3 Å². The summed E-state index contributed by atoms with van der Waals surface area (Å²) < 4.78 is 45.8. The van der Waals surface area contributed by atoms with Crippen LogP contribution in [0.3, 0.4) is 0 Å². The lowest BCUT2D eigenvalue weighted by Crippen LogP contribution is -2.44. The van der Waals surface area contributed by atoms with Gasteiger partial charge in [-0.05, 0) is 57.8 Å². The molecule has 0 saturated heterocycles. The van der Waals surface area contributed by atoms with Crippen LogP contribution in [0.5, 0.6) is 0 Å². The lowest BCUT2D eigenvalue weighted by atomic mass is 10.0. The Balaban J connectivity index is 5.51.